The van der Waals surface area contributed by atoms with Gasteiger partial charge in [0.15, 0.2) is 15.8 Å². The van der Waals surface area contributed by atoms with Gasteiger partial charge < -0.3 is 10.2 Å². The molecule has 1 aromatic carbocycles. The molecule has 24 heavy (non-hydrogen) atoms. The van der Waals surface area contributed by atoms with Crippen molar-refractivity contribution in [2.75, 3.05) is 25.9 Å². The number of aliphatic imine (C=N–C) groups is 1. The van der Waals surface area contributed by atoms with E-state index < -0.39 is 14.6 Å². The first-order valence-corrected chi connectivity index (χ1v) is 9.72. The molecule has 0 saturated carbocycles. The molecule has 9 heteroatoms. The molecular weight excluding hydrogens is 512 g/mol. The molecule has 2 rings (SSSR count). The largest absolute Gasteiger partial charge is 0.352 e. The van der Waals surface area contributed by atoms with Crippen molar-refractivity contribution in [1.29, 1.82) is 0 Å². The lowest BCUT2D eigenvalue weighted by atomic mass is 10.2. The number of benzene rings is 1. The van der Waals surface area contributed by atoms with Crippen molar-refractivity contribution >= 4 is 55.7 Å². The minimum atomic E-state index is -3.10. The molecule has 0 unspecified atom stereocenters. The third-order valence-electron chi connectivity index (χ3n) is 4.00. The number of hydrogen-bond donors (Lipinski definition) is 1. The van der Waals surface area contributed by atoms with Crippen LogP contribution in [0.2, 0.25) is 0 Å². The lowest BCUT2D eigenvalue weighted by molar-refractivity contribution is 0.353. The molecule has 1 heterocycles. The van der Waals surface area contributed by atoms with E-state index in [9.17, 15) is 12.8 Å². The summed E-state index contributed by atoms with van der Waals surface area (Å²) < 4.78 is 37.5. The summed E-state index contributed by atoms with van der Waals surface area (Å²) in [6.45, 7) is 4.62. The zero-order valence-electron chi connectivity index (χ0n) is 13.8. The molecule has 136 valence electrons. The van der Waals surface area contributed by atoms with Crippen LogP contribution >= 0.6 is 39.9 Å². The summed E-state index contributed by atoms with van der Waals surface area (Å²) in [6, 6.07) is 4.50. The van der Waals surface area contributed by atoms with Gasteiger partial charge in [-0.25, -0.2) is 12.8 Å². The molecule has 1 aliphatic rings. The van der Waals surface area contributed by atoms with Crippen LogP contribution in [-0.4, -0.2) is 49.9 Å². The van der Waals surface area contributed by atoms with Gasteiger partial charge in [-0.3, -0.25) is 4.99 Å². The van der Waals surface area contributed by atoms with E-state index in [2.05, 4.69) is 26.2 Å². The van der Waals surface area contributed by atoms with Crippen LogP contribution in [0.3, 0.4) is 0 Å². The van der Waals surface area contributed by atoms with Gasteiger partial charge in [-0.05, 0) is 37.6 Å². The number of rotatable bonds is 2. The minimum Gasteiger partial charge on any atom is -0.352 e. The third-order valence-corrected chi connectivity index (χ3v) is 7.31. The Balaban J connectivity index is 0.00000288. The maximum Gasteiger partial charge on any atom is 0.193 e. The van der Waals surface area contributed by atoms with Gasteiger partial charge in [-0.1, -0.05) is 15.9 Å². The molecule has 1 aromatic rings. The summed E-state index contributed by atoms with van der Waals surface area (Å²) in [6.07, 6.45) is 0. The summed E-state index contributed by atoms with van der Waals surface area (Å²) in [4.78, 5) is 6.14. The second-order valence-corrected chi connectivity index (χ2v) is 9.73. The number of hydrogen-bond acceptors (Lipinski definition) is 3. The molecule has 0 amide bonds. The Morgan fingerprint density at radius 2 is 2.12 bits per heavy atom. The second kappa shape index (κ2) is 8.31. The number of halogens is 3. The van der Waals surface area contributed by atoms with E-state index in [1.807, 2.05) is 4.90 Å². The van der Waals surface area contributed by atoms with Crippen LogP contribution in [0.25, 0.3) is 0 Å². The monoisotopic (exact) mass is 533 g/mol. The smallest absolute Gasteiger partial charge is 0.193 e. The van der Waals surface area contributed by atoms with Crippen LogP contribution in [0.15, 0.2) is 27.7 Å². The Bertz CT molecular complexity index is 725. The standard InChI is InChI=1S/C15H21BrFN3O2S.HI/c1-15(2)10-20(6-7-23(15,21)22)14(18-3)19-9-11-8-12(17)4-5-13(11)16;/h4-5,8H,6-7,9-10H2,1-3H3,(H,18,19);1H. The van der Waals surface area contributed by atoms with Crippen LogP contribution in [-0.2, 0) is 16.4 Å². The highest BCUT2D eigenvalue weighted by Gasteiger charge is 2.40. The van der Waals surface area contributed by atoms with Crippen LogP contribution in [0.4, 0.5) is 4.39 Å². The van der Waals surface area contributed by atoms with E-state index in [4.69, 9.17) is 0 Å². The van der Waals surface area contributed by atoms with Crippen molar-refractivity contribution in [2.45, 2.75) is 25.1 Å². The van der Waals surface area contributed by atoms with Gasteiger partial charge in [0.2, 0.25) is 0 Å². The molecule has 1 N–H and O–H groups in total. The van der Waals surface area contributed by atoms with Gasteiger partial charge in [0.05, 0.1) is 10.5 Å². The third kappa shape index (κ3) is 4.81. The minimum absolute atomic E-state index is 0. The van der Waals surface area contributed by atoms with E-state index >= 15 is 0 Å². The number of guanidine groups is 1. The Morgan fingerprint density at radius 3 is 2.71 bits per heavy atom. The van der Waals surface area contributed by atoms with Gasteiger partial charge in [0, 0.05) is 31.2 Å². The molecule has 0 aromatic heterocycles. The first-order valence-electron chi connectivity index (χ1n) is 7.28. The van der Waals surface area contributed by atoms with Crippen molar-refractivity contribution in [3.05, 3.63) is 34.1 Å². The Kier molecular flexibility index (Phi) is 7.48. The van der Waals surface area contributed by atoms with E-state index in [1.54, 1.807) is 27.0 Å². The molecule has 0 radical (unpaired) electrons. The van der Waals surface area contributed by atoms with Crippen LogP contribution < -0.4 is 5.32 Å². The normalized spacial score (nSPS) is 19.5. The topological polar surface area (TPSA) is 61.8 Å². The quantitative estimate of drug-likeness (QED) is 0.361. The highest BCUT2D eigenvalue weighted by Crippen LogP contribution is 2.24. The van der Waals surface area contributed by atoms with Crippen LogP contribution in [0, 0.1) is 5.82 Å². The van der Waals surface area contributed by atoms with Gasteiger partial charge in [0.25, 0.3) is 0 Å². The molecule has 0 spiro atoms. The van der Waals surface area contributed by atoms with Crippen molar-refractivity contribution < 1.29 is 12.8 Å². The fourth-order valence-electron chi connectivity index (χ4n) is 2.51. The van der Waals surface area contributed by atoms with E-state index in [-0.39, 0.29) is 35.5 Å². The van der Waals surface area contributed by atoms with Crippen molar-refractivity contribution in [3.63, 3.8) is 0 Å². The molecule has 0 aliphatic carbocycles. The highest BCUT2D eigenvalue weighted by atomic mass is 127. The number of sulfone groups is 1. The average Bonchev–Trinajstić information content (AvgIpc) is 2.46. The Hall–Kier alpha value is -0.420. The van der Waals surface area contributed by atoms with Crippen molar-refractivity contribution in [3.8, 4) is 0 Å². The molecule has 1 saturated heterocycles. The van der Waals surface area contributed by atoms with Gasteiger partial charge >= 0.3 is 0 Å². The summed E-state index contributed by atoms with van der Waals surface area (Å²) >= 11 is 3.39. The fourth-order valence-corrected chi connectivity index (χ4v) is 4.26. The summed E-state index contributed by atoms with van der Waals surface area (Å²) in [5.41, 5.74) is 0.773. The van der Waals surface area contributed by atoms with E-state index in [1.165, 1.54) is 12.1 Å². The van der Waals surface area contributed by atoms with Crippen molar-refractivity contribution in [2.24, 2.45) is 4.99 Å². The molecular formula is C15H22BrFIN3O2S. The average molecular weight is 534 g/mol. The molecule has 1 fully saturated rings. The lowest BCUT2D eigenvalue weighted by Crippen LogP contribution is -2.57. The summed E-state index contributed by atoms with van der Waals surface area (Å²) in [5.74, 6) is 0.416. The van der Waals surface area contributed by atoms with E-state index in [0.717, 1.165) is 10.0 Å². The zero-order chi connectivity index (χ0) is 17.3. The van der Waals surface area contributed by atoms with Crippen LogP contribution in [0.1, 0.15) is 19.4 Å². The SMILES string of the molecule is CN=C(NCc1cc(F)ccc1Br)N1CCS(=O)(=O)C(C)(C)C1.I. The summed E-state index contributed by atoms with van der Waals surface area (Å²) in [7, 11) is -1.44. The molecule has 0 atom stereocenters. The summed E-state index contributed by atoms with van der Waals surface area (Å²) in [5, 5.41) is 3.17. The predicted molar refractivity (Wildman–Crippen MR) is 109 cm³/mol. The Labute approximate surface area is 168 Å². The number of nitrogens with one attached hydrogen (secondary N) is 1. The van der Waals surface area contributed by atoms with Crippen molar-refractivity contribution in [1.82, 2.24) is 10.2 Å². The molecule has 5 nitrogen and oxygen atoms in total. The second-order valence-electron chi connectivity index (χ2n) is 6.14. The number of nitrogens with zero attached hydrogens (tertiary/aromatic N) is 2. The highest BCUT2D eigenvalue weighted by molar-refractivity contribution is 14.0. The maximum atomic E-state index is 13.3. The van der Waals surface area contributed by atoms with Gasteiger partial charge in [0.1, 0.15) is 5.82 Å². The predicted octanol–water partition coefficient (Wildman–Crippen LogP) is 2.79. The zero-order valence-corrected chi connectivity index (χ0v) is 18.6. The van der Waals surface area contributed by atoms with E-state index in [0.29, 0.717) is 25.6 Å². The molecule has 0 bridgehead atoms. The first-order chi connectivity index (χ1) is 10.7. The fraction of sp³-hybridized carbons (Fsp3) is 0.533. The Morgan fingerprint density at radius 1 is 1.46 bits per heavy atom. The van der Waals surface area contributed by atoms with Gasteiger partial charge in [-0.2, -0.15) is 0 Å². The lowest BCUT2D eigenvalue weighted by Gasteiger charge is -2.39. The van der Waals surface area contributed by atoms with Gasteiger partial charge in [-0.15, -0.1) is 24.0 Å². The maximum absolute atomic E-state index is 13.3. The van der Waals surface area contributed by atoms with Crippen LogP contribution in [0.5, 0.6) is 0 Å². The molecule has 1 aliphatic heterocycles. The first kappa shape index (κ1) is 21.6.